The van der Waals surface area contributed by atoms with Gasteiger partial charge >= 0.3 is 19.8 Å². The molecule has 0 bridgehead atoms. The molecule has 2 heteroatoms. The van der Waals surface area contributed by atoms with Gasteiger partial charge in [0.15, 0.2) is 0 Å². The molecule has 2 radical (unpaired) electrons. The van der Waals surface area contributed by atoms with Gasteiger partial charge in [0.2, 0.25) is 0 Å². The van der Waals surface area contributed by atoms with E-state index >= 15 is 0 Å². The molecule has 0 aromatic heterocycles. The van der Waals surface area contributed by atoms with Crippen LogP contribution < -0.4 is 0 Å². The SMILES string of the molecule is [CH2-]CCC.[Na].[Os+]. The summed E-state index contributed by atoms with van der Waals surface area (Å²) in [7, 11) is 0. The Morgan fingerprint density at radius 2 is 1.67 bits per heavy atom. The van der Waals surface area contributed by atoms with E-state index in [-0.39, 0.29) is 49.3 Å². The molecule has 0 heterocycles. The van der Waals surface area contributed by atoms with Crippen molar-refractivity contribution in [3.63, 3.8) is 0 Å². The minimum absolute atomic E-state index is 0. The van der Waals surface area contributed by atoms with Crippen LogP contribution in [0.2, 0.25) is 0 Å². The third-order valence-corrected chi connectivity index (χ3v) is 0.354. The van der Waals surface area contributed by atoms with Crippen LogP contribution >= 0.6 is 0 Å². The van der Waals surface area contributed by atoms with Gasteiger partial charge in [-0.2, -0.15) is 6.42 Å². The van der Waals surface area contributed by atoms with Crippen molar-refractivity contribution in [2.45, 2.75) is 19.8 Å². The van der Waals surface area contributed by atoms with E-state index in [2.05, 4.69) is 13.8 Å². The first kappa shape index (κ1) is 15.6. The molecule has 0 amide bonds. The second-order valence-corrected chi connectivity index (χ2v) is 0.854. The van der Waals surface area contributed by atoms with Gasteiger partial charge in [0.05, 0.1) is 0 Å². The van der Waals surface area contributed by atoms with Crippen molar-refractivity contribution in [3.05, 3.63) is 6.92 Å². The van der Waals surface area contributed by atoms with Crippen molar-refractivity contribution >= 4 is 29.6 Å². The van der Waals surface area contributed by atoms with Crippen LogP contribution in [0.5, 0.6) is 0 Å². The van der Waals surface area contributed by atoms with Crippen molar-refractivity contribution in [2.24, 2.45) is 0 Å². The third kappa shape index (κ3) is 17.4. The Balaban J connectivity index is -0.0000000450. The van der Waals surface area contributed by atoms with Crippen LogP contribution in [0.3, 0.4) is 0 Å². The summed E-state index contributed by atoms with van der Waals surface area (Å²) >= 11 is 0. The molecule has 0 aromatic carbocycles. The molecule has 0 atom stereocenters. The molecule has 0 saturated heterocycles. The van der Waals surface area contributed by atoms with Gasteiger partial charge < -0.3 is 6.92 Å². The summed E-state index contributed by atoms with van der Waals surface area (Å²) in [4.78, 5) is 0. The summed E-state index contributed by atoms with van der Waals surface area (Å²) in [6, 6.07) is 0. The van der Waals surface area contributed by atoms with E-state index in [4.69, 9.17) is 0 Å². The second kappa shape index (κ2) is 15.9. The zero-order valence-electron chi connectivity index (χ0n) is 4.47. The molecule has 0 aliphatic rings. The Labute approximate surface area is 75.4 Å². The Bertz CT molecular complexity index is 9.51. The first-order valence-electron chi connectivity index (χ1n) is 1.71. The van der Waals surface area contributed by atoms with Crippen LogP contribution in [0.15, 0.2) is 0 Å². The van der Waals surface area contributed by atoms with E-state index in [0.29, 0.717) is 0 Å². The van der Waals surface area contributed by atoms with Crippen molar-refractivity contribution in [1.82, 2.24) is 0 Å². The summed E-state index contributed by atoms with van der Waals surface area (Å²) < 4.78 is 0. The van der Waals surface area contributed by atoms with Crippen LogP contribution in [-0.2, 0) is 19.8 Å². The molecule has 0 aliphatic carbocycles. The van der Waals surface area contributed by atoms with Crippen molar-refractivity contribution in [1.29, 1.82) is 0 Å². The van der Waals surface area contributed by atoms with E-state index in [1.807, 2.05) is 0 Å². The number of unbranched alkanes of at least 4 members (excludes halogenated alkanes) is 1. The van der Waals surface area contributed by atoms with E-state index in [0.717, 1.165) is 6.42 Å². The predicted octanol–water partition coefficient (Wildman–Crippen LogP) is 1.24. The minimum Gasteiger partial charge on any atom is -0.343 e. The number of rotatable bonds is 1. The van der Waals surface area contributed by atoms with Crippen LogP contribution in [0.1, 0.15) is 19.8 Å². The van der Waals surface area contributed by atoms with Crippen molar-refractivity contribution < 1.29 is 19.8 Å². The third-order valence-electron chi connectivity index (χ3n) is 0.354. The fourth-order valence-electron chi connectivity index (χ4n) is 0. The van der Waals surface area contributed by atoms with Gasteiger partial charge in [-0.05, 0) is 0 Å². The quantitative estimate of drug-likeness (QED) is 0.497. The van der Waals surface area contributed by atoms with E-state index in [1.54, 1.807) is 0 Å². The van der Waals surface area contributed by atoms with Gasteiger partial charge in [-0.3, -0.25) is 0 Å². The summed E-state index contributed by atoms with van der Waals surface area (Å²) in [5.41, 5.74) is 0. The fraction of sp³-hybridized carbons (Fsp3) is 0.750. The second-order valence-electron chi connectivity index (χ2n) is 0.854. The molecule has 0 saturated carbocycles. The molecule has 34 valence electrons. The Morgan fingerprint density at radius 3 is 1.67 bits per heavy atom. The van der Waals surface area contributed by atoms with Gasteiger partial charge in [-0.15, -0.1) is 0 Å². The normalized spacial score (nSPS) is 5.00. The summed E-state index contributed by atoms with van der Waals surface area (Å²) in [6.45, 7) is 5.72. The molecule has 6 heavy (non-hydrogen) atoms. The van der Waals surface area contributed by atoms with E-state index in [9.17, 15) is 0 Å². The van der Waals surface area contributed by atoms with Crippen LogP contribution in [-0.4, -0.2) is 29.6 Å². The van der Waals surface area contributed by atoms with Crippen molar-refractivity contribution in [2.75, 3.05) is 0 Å². The van der Waals surface area contributed by atoms with Crippen LogP contribution in [0, 0.1) is 6.92 Å². The number of hydrogen-bond acceptors (Lipinski definition) is 0. The van der Waals surface area contributed by atoms with Gasteiger partial charge in [-0.25, -0.2) is 0 Å². The van der Waals surface area contributed by atoms with E-state index in [1.165, 1.54) is 6.42 Å². The van der Waals surface area contributed by atoms with Gasteiger partial charge in [0.1, 0.15) is 0 Å². The standard InChI is InChI=1S/C4H9.Na.Os/c1-3-4-2;;/h1,3-4H2,2H3;;/q-1;;+1. The van der Waals surface area contributed by atoms with Gasteiger partial charge in [0.25, 0.3) is 0 Å². The van der Waals surface area contributed by atoms with E-state index < -0.39 is 0 Å². The molecule has 0 aliphatic heterocycles. The molecule has 0 unspecified atom stereocenters. The molecule has 0 N–H and O–H groups in total. The van der Waals surface area contributed by atoms with Gasteiger partial charge in [0, 0.05) is 29.6 Å². The van der Waals surface area contributed by atoms with Crippen LogP contribution in [0.4, 0.5) is 0 Å². The zero-order chi connectivity index (χ0) is 3.41. The monoisotopic (exact) mass is 272 g/mol. The first-order valence-corrected chi connectivity index (χ1v) is 1.71. The number of hydrogen-bond donors (Lipinski definition) is 0. The maximum absolute atomic E-state index is 3.60. The van der Waals surface area contributed by atoms with Crippen molar-refractivity contribution in [3.8, 4) is 0 Å². The van der Waals surface area contributed by atoms with Crippen LogP contribution in [0.25, 0.3) is 0 Å². The first-order chi connectivity index (χ1) is 1.91. The Hall–Kier alpha value is 1.64. The average molecular weight is 270 g/mol. The topological polar surface area (TPSA) is 0 Å². The fourth-order valence-corrected chi connectivity index (χ4v) is 0. The molecule has 0 rings (SSSR count). The van der Waals surface area contributed by atoms with Gasteiger partial charge in [-0.1, -0.05) is 13.3 Å². The Morgan fingerprint density at radius 1 is 1.50 bits per heavy atom. The Kier molecular flexibility index (Phi) is 41.6. The maximum atomic E-state index is 3.60. The molecule has 0 fully saturated rings. The predicted molar refractivity (Wildman–Crippen MR) is 26.0 cm³/mol. The summed E-state index contributed by atoms with van der Waals surface area (Å²) in [5.74, 6) is 0. The molecular formula is C4H9NaOs. The molecule has 0 nitrogen and oxygen atoms in total. The largest absolute Gasteiger partial charge is 1.00 e. The summed E-state index contributed by atoms with van der Waals surface area (Å²) in [5, 5.41) is 0. The smallest absolute Gasteiger partial charge is 0.343 e. The molecule has 0 spiro atoms. The molecular weight excluding hydrogens is 261 g/mol. The average Bonchev–Trinajstić information content (AvgIpc) is 1.37. The molecule has 0 aromatic rings. The summed E-state index contributed by atoms with van der Waals surface area (Å²) in [6.07, 6.45) is 2.28. The maximum Gasteiger partial charge on any atom is 1.00 e. The zero-order valence-corrected chi connectivity index (χ0v) is 9.02. The minimum atomic E-state index is 0.